The number of hydrogen-bond acceptors (Lipinski definition) is 7. The normalized spacial score (nSPS) is 15.3. The number of pyridine rings is 1. The molecule has 1 aliphatic rings. The third kappa shape index (κ3) is 5.45. The van der Waals surface area contributed by atoms with Crippen molar-refractivity contribution >= 4 is 17.4 Å². The summed E-state index contributed by atoms with van der Waals surface area (Å²) >= 11 is 5.96. The number of nitro groups is 1. The first kappa shape index (κ1) is 24.7. The van der Waals surface area contributed by atoms with Crippen LogP contribution in [0.5, 0.6) is 0 Å². The maximum absolute atomic E-state index is 13.7. The van der Waals surface area contributed by atoms with Crippen LogP contribution in [-0.4, -0.2) is 48.2 Å². The molecule has 12 heteroatoms. The van der Waals surface area contributed by atoms with E-state index >= 15 is 0 Å². The minimum Gasteiger partial charge on any atom is -0.388 e. The number of hydrogen-bond donors (Lipinski definition) is 1. The molecule has 0 bridgehead atoms. The molecule has 1 atom stereocenters. The monoisotopic (exact) mass is 502 g/mol. The van der Waals surface area contributed by atoms with Crippen LogP contribution in [-0.2, 0) is 19.5 Å². The molecule has 9 nitrogen and oxygen atoms in total. The fourth-order valence-corrected chi connectivity index (χ4v) is 4.29. The third-order valence-corrected chi connectivity index (χ3v) is 6.24. The Morgan fingerprint density at radius 3 is 2.74 bits per heavy atom. The number of nitrogens with zero attached hydrogens (tertiary/aromatic N) is 6. The lowest BCUT2D eigenvalue weighted by Crippen LogP contribution is -2.38. The van der Waals surface area contributed by atoms with E-state index in [0.717, 1.165) is 23.4 Å². The molecule has 2 aromatic heterocycles. The molecule has 35 heavy (non-hydrogen) atoms. The number of imidazole rings is 1. The van der Waals surface area contributed by atoms with E-state index in [1.54, 1.807) is 13.0 Å². The van der Waals surface area contributed by atoms with Crippen LogP contribution in [0.3, 0.4) is 0 Å². The Kier molecular flexibility index (Phi) is 6.80. The van der Waals surface area contributed by atoms with E-state index in [-0.39, 0.29) is 23.2 Å². The van der Waals surface area contributed by atoms with E-state index in [1.807, 2.05) is 0 Å². The highest BCUT2D eigenvalue weighted by Crippen LogP contribution is 2.29. The second kappa shape index (κ2) is 9.65. The van der Waals surface area contributed by atoms with Gasteiger partial charge in [0.1, 0.15) is 12.3 Å². The Balaban J connectivity index is 1.45. The summed E-state index contributed by atoms with van der Waals surface area (Å²) in [6, 6.07) is 7.24. The largest absolute Gasteiger partial charge is 0.388 e. The standard InChI is InChI=1S/C23H21ClF2N6O3/c1-23(33,13-31-12-20(32(34)35)29-22(31)24)5-7-30-6-4-19-16(11-30)8-15(10-27)21(28-19)14-2-3-17(25)18(26)9-14/h2-3,8-9,12,33H,4-7,11,13H2,1H3. The van der Waals surface area contributed by atoms with Crippen molar-refractivity contribution in [2.75, 3.05) is 13.1 Å². The molecule has 0 fully saturated rings. The number of halogens is 3. The van der Waals surface area contributed by atoms with Gasteiger partial charge >= 0.3 is 11.1 Å². The van der Waals surface area contributed by atoms with Crippen molar-refractivity contribution < 1.29 is 18.8 Å². The Hall–Kier alpha value is -3.46. The molecule has 0 saturated carbocycles. The Bertz CT molecular complexity index is 1340. The van der Waals surface area contributed by atoms with Crippen molar-refractivity contribution in [3.8, 4) is 17.3 Å². The van der Waals surface area contributed by atoms with Crippen LogP contribution in [0, 0.1) is 33.1 Å². The van der Waals surface area contributed by atoms with Crippen LogP contribution in [0.25, 0.3) is 11.3 Å². The molecule has 0 amide bonds. The molecule has 1 N–H and O–H groups in total. The summed E-state index contributed by atoms with van der Waals surface area (Å²) in [6.45, 7) is 3.33. The molecule has 3 heterocycles. The highest BCUT2D eigenvalue weighted by molar-refractivity contribution is 6.28. The van der Waals surface area contributed by atoms with Gasteiger partial charge in [0.25, 0.3) is 0 Å². The average Bonchev–Trinajstić information content (AvgIpc) is 3.18. The SMILES string of the molecule is CC(O)(CCN1CCc2nc(-c3ccc(F)c(F)c3)c(C#N)cc2C1)Cn1cc([N+](=O)[O-])nc1Cl. The first-order valence-electron chi connectivity index (χ1n) is 10.8. The van der Waals surface area contributed by atoms with Crippen LogP contribution in [0.1, 0.15) is 30.2 Å². The Morgan fingerprint density at radius 1 is 1.31 bits per heavy atom. The fourth-order valence-electron chi connectivity index (χ4n) is 4.09. The molecule has 0 radical (unpaired) electrons. The average molecular weight is 503 g/mol. The summed E-state index contributed by atoms with van der Waals surface area (Å²) in [7, 11) is 0. The second-order valence-electron chi connectivity index (χ2n) is 8.76. The van der Waals surface area contributed by atoms with Crippen molar-refractivity contribution in [2.24, 2.45) is 0 Å². The summed E-state index contributed by atoms with van der Waals surface area (Å²) in [5.41, 5.74) is 1.34. The van der Waals surface area contributed by atoms with Crippen molar-refractivity contribution in [2.45, 2.75) is 38.5 Å². The molecule has 1 aliphatic heterocycles. The first-order valence-corrected chi connectivity index (χ1v) is 11.1. The lowest BCUT2D eigenvalue weighted by atomic mass is 9.97. The minimum atomic E-state index is -1.20. The third-order valence-electron chi connectivity index (χ3n) is 5.94. The molecule has 0 saturated heterocycles. The number of aliphatic hydroxyl groups is 1. The molecule has 3 aromatic rings. The lowest BCUT2D eigenvalue weighted by Gasteiger charge is -2.32. The van der Waals surface area contributed by atoms with Gasteiger partial charge in [0.05, 0.1) is 23.4 Å². The minimum absolute atomic E-state index is 0.0365. The molecular formula is C23H21ClF2N6O3. The fraction of sp³-hybridized carbons (Fsp3) is 0.348. The van der Waals surface area contributed by atoms with E-state index in [4.69, 9.17) is 11.6 Å². The zero-order valence-corrected chi connectivity index (χ0v) is 19.5. The molecular weight excluding hydrogens is 482 g/mol. The van der Waals surface area contributed by atoms with Crippen molar-refractivity contribution in [1.82, 2.24) is 19.4 Å². The quantitative estimate of drug-likeness (QED) is 0.384. The molecule has 1 aromatic carbocycles. The number of fused-ring (bicyclic) bond motifs is 1. The van der Waals surface area contributed by atoms with Crippen LogP contribution in [0.2, 0.25) is 5.28 Å². The highest BCUT2D eigenvalue weighted by Gasteiger charge is 2.28. The Morgan fingerprint density at radius 2 is 2.09 bits per heavy atom. The molecule has 182 valence electrons. The molecule has 0 spiro atoms. The van der Waals surface area contributed by atoms with E-state index < -0.39 is 22.2 Å². The van der Waals surface area contributed by atoms with Gasteiger partial charge in [-0.1, -0.05) is 0 Å². The van der Waals surface area contributed by atoms with Crippen LogP contribution in [0.15, 0.2) is 30.5 Å². The van der Waals surface area contributed by atoms with E-state index in [2.05, 4.69) is 20.9 Å². The summed E-state index contributed by atoms with van der Waals surface area (Å²) in [5, 5.41) is 31.3. The predicted molar refractivity (Wildman–Crippen MR) is 122 cm³/mol. The zero-order chi connectivity index (χ0) is 25.3. The van der Waals surface area contributed by atoms with Gasteiger partial charge in [0.15, 0.2) is 11.6 Å². The van der Waals surface area contributed by atoms with Crippen LogP contribution < -0.4 is 0 Å². The van der Waals surface area contributed by atoms with Gasteiger partial charge in [-0.25, -0.2) is 8.78 Å². The number of nitriles is 1. The Labute approximate surface area is 204 Å². The summed E-state index contributed by atoms with van der Waals surface area (Å²) < 4.78 is 28.4. The van der Waals surface area contributed by atoms with Gasteiger partial charge in [-0.15, -0.1) is 0 Å². The smallest absolute Gasteiger partial charge is 0.383 e. The lowest BCUT2D eigenvalue weighted by molar-refractivity contribution is -0.389. The van der Waals surface area contributed by atoms with Crippen molar-refractivity contribution in [1.29, 1.82) is 5.26 Å². The maximum atomic E-state index is 13.7. The first-order chi connectivity index (χ1) is 16.6. The van der Waals surface area contributed by atoms with Gasteiger partial charge in [-0.3, -0.25) is 14.5 Å². The summed E-state index contributed by atoms with van der Waals surface area (Å²) in [5.74, 6) is -2.36. The van der Waals surface area contributed by atoms with Gasteiger partial charge in [-0.2, -0.15) is 5.26 Å². The second-order valence-corrected chi connectivity index (χ2v) is 9.10. The van der Waals surface area contributed by atoms with E-state index in [0.29, 0.717) is 43.7 Å². The molecule has 1 unspecified atom stereocenters. The summed E-state index contributed by atoms with van der Waals surface area (Å²) in [6.07, 6.45) is 2.13. The van der Waals surface area contributed by atoms with Crippen LogP contribution >= 0.6 is 11.6 Å². The van der Waals surface area contributed by atoms with Crippen molar-refractivity contribution in [3.05, 3.63) is 74.3 Å². The zero-order valence-electron chi connectivity index (χ0n) is 18.7. The predicted octanol–water partition coefficient (Wildman–Crippen LogP) is 3.86. The van der Waals surface area contributed by atoms with Gasteiger partial charge in [0, 0.05) is 37.3 Å². The van der Waals surface area contributed by atoms with Gasteiger partial charge in [-0.05, 0) is 64.7 Å². The van der Waals surface area contributed by atoms with E-state index in [1.165, 1.54) is 16.8 Å². The highest BCUT2D eigenvalue weighted by atomic mass is 35.5. The van der Waals surface area contributed by atoms with E-state index in [9.17, 15) is 29.3 Å². The molecule has 4 rings (SSSR count). The topological polar surface area (TPSA) is 121 Å². The summed E-state index contributed by atoms with van der Waals surface area (Å²) in [4.78, 5) is 20.6. The molecule has 0 aliphatic carbocycles. The van der Waals surface area contributed by atoms with Gasteiger partial charge < -0.3 is 15.2 Å². The number of rotatable bonds is 7. The number of aromatic nitrogens is 3. The van der Waals surface area contributed by atoms with Crippen molar-refractivity contribution in [3.63, 3.8) is 0 Å². The van der Waals surface area contributed by atoms with Crippen LogP contribution in [0.4, 0.5) is 14.6 Å². The number of benzene rings is 1. The van der Waals surface area contributed by atoms with Gasteiger partial charge in [0.2, 0.25) is 0 Å². The maximum Gasteiger partial charge on any atom is 0.383 e.